The Hall–Kier alpha value is -0.650. The van der Waals surface area contributed by atoms with Gasteiger partial charge < -0.3 is 10.8 Å². The molecule has 1 atom stereocenters. The van der Waals surface area contributed by atoms with Crippen LogP contribution in [0.4, 0.5) is 0 Å². The molecule has 1 aromatic rings. The summed E-state index contributed by atoms with van der Waals surface area (Å²) < 4.78 is 0. The van der Waals surface area contributed by atoms with E-state index < -0.39 is 12.0 Å². The number of carbonyl (C=O) groups is 1. The molecule has 0 aliphatic rings. The van der Waals surface area contributed by atoms with Gasteiger partial charge in [-0.15, -0.1) is 11.8 Å². The molecule has 0 aliphatic carbocycles. The summed E-state index contributed by atoms with van der Waals surface area (Å²) >= 11 is 3.44. The molecule has 0 amide bonds. The van der Waals surface area contributed by atoms with Crippen molar-refractivity contribution < 1.29 is 9.90 Å². The van der Waals surface area contributed by atoms with Crippen LogP contribution in [0.15, 0.2) is 29.2 Å². The number of hydrogen-bond donors (Lipinski definition) is 2. The Morgan fingerprint density at radius 1 is 1.41 bits per heavy atom. The predicted molar refractivity (Wildman–Crippen MR) is 74.6 cm³/mol. The molecule has 0 fully saturated rings. The molecule has 1 rings (SSSR count). The predicted octanol–water partition coefficient (Wildman–Crippen LogP) is 2.44. The van der Waals surface area contributed by atoms with Crippen LogP contribution >= 0.6 is 23.5 Å². The molecule has 5 heteroatoms. The smallest absolute Gasteiger partial charge is 0.320 e. The molecular formula is C12H17NO2S2. The van der Waals surface area contributed by atoms with E-state index in [1.165, 1.54) is 10.5 Å². The molecule has 0 heterocycles. The summed E-state index contributed by atoms with van der Waals surface area (Å²) in [6, 6.07) is 7.68. The lowest BCUT2D eigenvalue weighted by atomic mass is 10.2. The van der Waals surface area contributed by atoms with Crippen LogP contribution < -0.4 is 5.73 Å². The molecule has 1 unspecified atom stereocenters. The second-order valence-electron chi connectivity index (χ2n) is 3.63. The first kappa shape index (κ1) is 14.4. The molecule has 3 N–H and O–H groups in total. The van der Waals surface area contributed by atoms with E-state index in [2.05, 4.69) is 30.5 Å². The van der Waals surface area contributed by atoms with E-state index in [1.54, 1.807) is 23.5 Å². The van der Waals surface area contributed by atoms with Crippen molar-refractivity contribution in [1.82, 2.24) is 0 Å². The Labute approximate surface area is 110 Å². The molecule has 3 nitrogen and oxygen atoms in total. The molecule has 0 spiro atoms. The van der Waals surface area contributed by atoms with Crippen molar-refractivity contribution in [3.8, 4) is 0 Å². The number of carboxylic acids is 1. The van der Waals surface area contributed by atoms with Gasteiger partial charge in [-0.25, -0.2) is 0 Å². The van der Waals surface area contributed by atoms with E-state index in [-0.39, 0.29) is 0 Å². The van der Waals surface area contributed by atoms with Gasteiger partial charge in [-0.3, -0.25) is 4.79 Å². The van der Waals surface area contributed by atoms with Crippen LogP contribution in [0.3, 0.4) is 0 Å². The fourth-order valence-electron chi connectivity index (χ4n) is 1.25. The molecule has 0 saturated heterocycles. The van der Waals surface area contributed by atoms with Gasteiger partial charge in [0.2, 0.25) is 0 Å². The number of hydrogen-bond acceptors (Lipinski definition) is 4. The van der Waals surface area contributed by atoms with Crippen LogP contribution in [0.5, 0.6) is 0 Å². The zero-order chi connectivity index (χ0) is 12.7. The van der Waals surface area contributed by atoms with Crippen LogP contribution in [0, 0.1) is 0 Å². The van der Waals surface area contributed by atoms with Gasteiger partial charge in [-0.05, 0) is 36.1 Å². The first-order valence-electron chi connectivity index (χ1n) is 5.32. The lowest BCUT2D eigenvalue weighted by Crippen LogP contribution is -2.30. The summed E-state index contributed by atoms with van der Waals surface area (Å²) in [5, 5.41) is 8.62. The Balaban J connectivity index is 2.24. The minimum absolute atomic E-state index is 0.517. The number of benzene rings is 1. The summed E-state index contributed by atoms with van der Waals surface area (Å²) in [4.78, 5) is 11.8. The fourth-order valence-corrected chi connectivity index (χ4v) is 2.65. The third-order valence-electron chi connectivity index (χ3n) is 2.32. The monoisotopic (exact) mass is 271 g/mol. The minimum atomic E-state index is -0.921. The van der Waals surface area contributed by atoms with Gasteiger partial charge in [0.25, 0.3) is 0 Å². The highest BCUT2D eigenvalue weighted by Gasteiger charge is 2.10. The number of nitrogens with two attached hydrogens (primary N) is 1. The maximum absolute atomic E-state index is 10.5. The molecule has 17 heavy (non-hydrogen) atoms. The van der Waals surface area contributed by atoms with Gasteiger partial charge in [-0.1, -0.05) is 12.1 Å². The molecule has 0 aliphatic heterocycles. The third kappa shape index (κ3) is 5.48. The topological polar surface area (TPSA) is 63.3 Å². The van der Waals surface area contributed by atoms with Crippen LogP contribution in [0.1, 0.15) is 12.0 Å². The summed E-state index contributed by atoms with van der Waals surface area (Å²) in [7, 11) is 0. The Kier molecular flexibility index (Phi) is 6.47. The Morgan fingerprint density at radius 2 is 2.06 bits per heavy atom. The van der Waals surface area contributed by atoms with Crippen molar-refractivity contribution in [3.05, 3.63) is 29.8 Å². The van der Waals surface area contributed by atoms with Gasteiger partial charge in [0.15, 0.2) is 0 Å². The summed E-state index contributed by atoms with van der Waals surface area (Å²) in [6.07, 6.45) is 2.57. The summed E-state index contributed by atoms with van der Waals surface area (Å²) in [5.74, 6) is 0.758. The van der Waals surface area contributed by atoms with Crippen molar-refractivity contribution in [3.63, 3.8) is 0 Å². The van der Waals surface area contributed by atoms with Crippen LogP contribution in [0.25, 0.3) is 0 Å². The van der Waals surface area contributed by atoms with Crippen molar-refractivity contribution in [2.75, 3.05) is 12.0 Å². The van der Waals surface area contributed by atoms with E-state index in [0.29, 0.717) is 6.42 Å². The van der Waals surface area contributed by atoms with Crippen LogP contribution in [0.2, 0.25) is 0 Å². The van der Waals surface area contributed by atoms with Crippen LogP contribution in [-0.4, -0.2) is 29.1 Å². The molecule has 1 aromatic carbocycles. The molecule has 0 radical (unpaired) electrons. The number of thioether (sulfide) groups is 2. The quantitative estimate of drug-likeness (QED) is 0.589. The van der Waals surface area contributed by atoms with Gasteiger partial charge in [0, 0.05) is 10.6 Å². The van der Waals surface area contributed by atoms with Crippen molar-refractivity contribution in [2.24, 2.45) is 5.73 Å². The molecule has 0 saturated carbocycles. The van der Waals surface area contributed by atoms with E-state index in [4.69, 9.17) is 10.8 Å². The highest BCUT2D eigenvalue weighted by atomic mass is 32.2. The lowest BCUT2D eigenvalue weighted by Gasteiger charge is -2.06. The fraction of sp³-hybridized carbons (Fsp3) is 0.417. The second-order valence-corrected chi connectivity index (χ2v) is 5.62. The van der Waals surface area contributed by atoms with Crippen molar-refractivity contribution >= 4 is 29.5 Å². The van der Waals surface area contributed by atoms with Gasteiger partial charge in [0.05, 0.1) is 0 Å². The third-order valence-corrected chi connectivity index (χ3v) is 4.12. The van der Waals surface area contributed by atoms with Crippen molar-refractivity contribution in [1.29, 1.82) is 0 Å². The van der Waals surface area contributed by atoms with Gasteiger partial charge in [-0.2, -0.15) is 11.8 Å². The first-order chi connectivity index (χ1) is 8.13. The van der Waals surface area contributed by atoms with E-state index >= 15 is 0 Å². The molecular weight excluding hydrogens is 254 g/mol. The van der Waals surface area contributed by atoms with Gasteiger partial charge >= 0.3 is 5.97 Å². The summed E-state index contributed by atoms with van der Waals surface area (Å²) in [6.45, 7) is 0. The molecule has 0 bridgehead atoms. The highest BCUT2D eigenvalue weighted by molar-refractivity contribution is 7.98. The van der Waals surface area contributed by atoms with E-state index in [0.717, 1.165) is 11.5 Å². The molecule has 0 aromatic heterocycles. The maximum Gasteiger partial charge on any atom is 0.320 e. The van der Waals surface area contributed by atoms with Gasteiger partial charge in [0.1, 0.15) is 6.04 Å². The van der Waals surface area contributed by atoms with Crippen molar-refractivity contribution in [2.45, 2.75) is 23.1 Å². The maximum atomic E-state index is 10.5. The zero-order valence-corrected chi connectivity index (χ0v) is 11.4. The average molecular weight is 271 g/mol. The Bertz CT molecular complexity index is 354. The second kappa shape index (κ2) is 7.63. The SMILES string of the molecule is CSc1ccc(CSCCC(N)C(=O)O)cc1. The number of carboxylic acid groups (broad SMARTS) is 1. The highest BCUT2D eigenvalue weighted by Crippen LogP contribution is 2.18. The largest absolute Gasteiger partial charge is 0.480 e. The summed E-state index contributed by atoms with van der Waals surface area (Å²) in [5.41, 5.74) is 6.68. The minimum Gasteiger partial charge on any atom is -0.480 e. The average Bonchev–Trinajstić information content (AvgIpc) is 2.35. The van der Waals surface area contributed by atoms with Crippen LogP contribution in [-0.2, 0) is 10.5 Å². The first-order valence-corrected chi connectivity index (χ1v) is 7.70. The normalized spacial score (nSPS) is 12.4. The Morgan fingerprint density at radius 3 is 2.59 bits per heavy atom. The molecule has 94 valence electrons. The lowest BCUT2D eigenvalue weighted by molar-refractivity contribution is -0.138. The van der Waals surface area contributed by atoms with E-state index in [9.17, 15) is 4.79 Å². The number of aliphatic carboxylic acids is 1. The van der Waals surface area contributed by atoms with E-state index in [1.807, 2.05) is 0 Å². The standard InChI is InChI=1S/C12H17NO2S2/c1-16-10-4-2-9(3-5-10)8-17-7-6-11(13)12(14)15/h2-5,11H,6-8,13H2,1H3,(H,14,15). The zero-order valence-electron chi connectivity index (χ0n) is 9.76. The number of rotatable bonds is 7.